The van der Waals surface area contributed by atoms with Crippen LogP contribution < -0.4 is 10.1 Å². The van der Waals surface area contributed by atoms with Gasteiger partial charge in [0.05, 0.1) is 0 Å². The molecule has 1 atom stereocenters. The fourth-order valence-corrected chi connectivity index (χ4v) is 5.34. The van der Waals surface area contributed by atoms with Gasteiger partial charge in [-0.2, -0.15) is 0 Å². The molecule has 3 aromatic carbocycles. The molecular formula is C30H32BrClN2O3. The van der Waals surface area contributed by atoms with E-state index in [-0.39, 0.29) is 31.0 Å². The van der Waals surface area contributed by atoms with Crippen LogP contribution in [0.4, 0.5) is 0 Å². The van der Waals surface area contributed by atoms with E-state index in [1.807, 2.05) is 54.6 Å². The predicted octanol–water partition coefficient (Wildman–Crippen LogP) is 6.57. The second kappa shape index (κ2) is 13.6. The standard InChI is InChI=1S/C30H32BrClN2O3/c31-24-12-7-11-23(17-24)20-34(29(35)21-37-27-16-8-13-25(32)19-27)28(18-22-9-3-1-4-10-22)30(36)33-26-14-5-2-6-15-26/h1,3-4,7-13,16-17,19,26,28H,2,5-6,14-15,18,20-21H2,(H,33,36). The molecule has 1 fully saturated rings. The van der Waals surface area contributed by atoms with Crippen LogP contribution in [0.2, 0.25) is 5.02 Å². The van der Waals surface area contributed by atoms with Gasteiger partial charge in [0.25, 0.3) is 5.91 Å². The molecule has 0 aliphatic heterocycles. The minimum atomic E-state index is -0.682. The average Bonchev–Trinajstić information content (AvgIpc) is 2.90. The van der Waals surface area contributed by atoms with Crippen molar-refractivity contribution >= 4 is 39.3 Å². The molecule has 7 heteroatoms. The van der Waals surface area contributed by atoms with E-state index < -0.39 is 6.04 Å². The Morgan fingerprint density at radius 3 is 2.41 bits per heavy atom. The van der Waals surface area contributed by atoms with E-state index in [1.54, 1.807) is 29.2 Å². The molecule has 1 aliphatic rings. The summed E-state index contributed by atoms with van der Waals surface area (Å²) in [5.74, 6) is 0.121. The minimum absolute atomic E-state index is 0.123. The summed E-state index contributed by atoms with van der Waals surface area (Å²) in [6.07, 6.45) is 5.79. The van der Waals surface area contributed by atoms with E-state index in [1.165, 1.54) is 6.42 Å². The minimum Gasteiger partial charge on any atom is -0.484 e. The molecule has 3 aromatic rings. The van der Waals surface area contributed by atoms with Crippen LogP contribution in [0.1, 0.15) is 43.2 Å². The number of rotatable bonds is 10. The molecule has 0 saturated heterocycles. The van der Waals surface area contributed by atoms with Crippen LogP contribution in [0, 0.1) is 0 Å². The Kier molecular flexibility index (Phi) is 10.0. The van der Waals surface area contributed by atoms with Gasteiger partial charge in [-0.05, 0) is 54.3 Å². The van der Waals surface area contributed by atoms with Gasteiger partial charge in [0, 0.05) is 28.5 Å². The Morgan fingerprint density at radius 2 is 1.68 bits per heavy atom. The fourth-order valence-electron chi connectivity index (χ4n) is 4.72. The molecule has 0 heterocycles. The highest BCUT2D eigenvalue weighted by atomic mass is 79.9. The summed E-state index contributed by atoms with van der Waals surface area (Å²) in [6, 6.07) is 24.1. The molecular weight excluding hydrogens is 552 g/mol. The number of hydrogen-bond donors (Lipinski definition) is 1. The van der Waals surface area contributed by atoms with Crippen LogP contribution in [0.15, 0.2) is 83.3 Å². The van der Waals surface area contributed by atoms with Crippen molar-refractivity contribution in [2.45, 2.75) is 57.2 Å². The fraction of sp³-hybridized carbons (Fsp3) is 0.333. The highest BCUT2D eigenvalue weighted by Gasteiger charge is 2.32. The van der Waals surface area contributed by atoms with Crippen LogP contribution >= 0.6 is 27.5 Å². The number of carbonyl (C=O) groups excluding carboxylic acids is 2. The Labute approximate surface area is 232 Å². The molecule has 0 radical (unpaired) electrons. The number of nitrogens with zero attached hydrogens (tertiary/aromatic N) is 1. The summed E-state index contributed by atoms with van der Waals surface area (Å²) in [7, 11) is 0. The Hall–Kier alpha value is -2.83. The summed E-state index contributed by atoms with van der Waals surface area (Å²) in [5, 5.41) is 3.78. The van der Waals surface area contributed by atoms with Crippen LogP contribution in [0.25, 0.3) is 0 Å². The van der Waals surface area contributed by atoms with Crippen molar-refractivity contribution in [3.63, 3.8) is 0 Å². The molecule has 37 heavy (non-hydrogen) atoms. The van der Waals surface area contributed by atoms with Gasteiger partial charge in [-0.3, -0.25) is 9.59 Å². The van der Waals surface area contributed by atoms with E-state index in [9.17, 15) is 9.59 Å². The normalized spacial score (nSPS) is 14.5. The first-order chi connectivity index (χ1) is 18.0. The van der Waals surface area contributed by atoms with Crippen LogP contribution in [0.3, 0.4) is 0 Å². The van der Waals surface area contributed by atoms with Gasteiger partial charge in [0.2, 0.25) is 5.91 Å². The second-order valence-corrected chi connectivity index (χ2v) is 10.8. The number of benzene rings is 3. The summed E-state index contributed by atoms with van der Waals surface area (Å²) in [5.41, 5.74) is 1.92. The molecule has 1 N–H and O–H groups in total. The van der Waals surface area contributed by atoms with Gasteiger partial charge < -0.3 is 15.0 Å². The smallest absolute Gasteiger partial charge is 0.261 e. The van der Waals surface area contributed by atoms with Crippen molar-refractivity contribution in [3.8, 4) is 5.75 Å². The average molecular weight is 584 g/mol. The number of ether oxygens (including phenoxy) is 1. The van der Waals surface area contributed by atoms with E-state index in [2.05, 4.69) is 21.2 Å². The van der Waals surface area contributed by atoms with E-state index in [0.29, 0.717) is 17.2 Å². The first kappa shape index (κ1) is 27.2. The molecule has 4 rings (SSSR count). The maximum absolute atomic E-state index is 13.8. The maximum atomic E-state index is 13.8. The molecule has 1 aliphatic carbocycles. The Balaban J connectivity index is 1.61. The van der Waals surface area contributed by atoms with Gasteiger partial charge in [-0.15, -0.1) is 0 Å². The predicted molar refractivity (Wildman–Crippen MR) is 151 cm³/mol. The lowest BCUT2D eigenvalue weighted by molar-refractivity contribution is -0.143. The number of carbonyl (C=O) groups is 2. The number of nitrogens with one attached hydrogen (secondary N) is 1. The summed E-state index contributed by atoms with van der Waals surface area (Å²) < 4.78 is 6.72. The molecule has 1 unspecified atom stereocenters. The zero-order valence-electron chi connectivity index (χ0n) is 20.7. The summed E-state index contributed by atoms with van der Waals surface area (Å²) >= 11 is 9.61. The molecule has 0 aromatic heterocycles. The third kappa shape index (κ3) is 8.34. The van der Waals surface area contributed by atoms with Crippen molar-refractivity contribution in [1.29, 1.82) is 0 Å². The van der Waals surface area contributed by atoms with E-state index in [0.717, 1.165) is 41.3 Å². The summed E-state index contributed by atoms with van der Waals surface area (Å²) in [6.45, 7) is 0.0864. The Morgan fingerprint density at radius 1 is 0.946 bits per heavy atom. The van der Waals surface area contributed by atoms with Gasteiger partial charge in [-0.25, -0.2) is 0 Å². The first-order valence-corrected chi connectivity index (χ1v) is 13.9. The lowest BCUT2D eigenvalue weighted by Crippen LogP contribution is -2.53. The topological polar surface area (TPSA) is 58.6 Å². The quantitative estimate of drug-likeness (QED) is 0.294. The van der Waals surface area contributed by atoms with Gasteiger partial charge in [-0.1, -0.05) is 95.3 Å². The third-order valence-corrected chi connectivity index (χ3v) is 7.35. The van der Waals surface area contributed by atoms with Gasteiger partial charge >= 0.3 is 0 Å². The van der Waals surface area contributed by atoms with Crippen molar-refractivity contribution < 1.29 is 14.3 Å². The largest absolute Gasteiger partial charge is 0.484 e. The second-order valence-electron chi connectivity index (χ2n) is 9.45. The van der Waals surface area contributed by atoms with Gasteiger partial charge in [0.1, 0.15) is 11.8 Å². The highest BCUT2D eigenvalue weighted by molar-refractivity contribution is 9.10. The molecule has 2 amide bonds. The van der Waals surface area contributed by atoms with Crippen molar-refractivity contribution in [2.24, 2.45) is 0 Å². The monoisotopic (exact) mass is 582 g/mol. The highest BCUT2D eigenvalue weighted by Crippen LogP contribution is 2.22. The lowest BCUT2D eigenvalue weighted by Gasteiger charge is -2.33. The van der Waals surface area contributed by atoms with Crippen LogP contribution in [-0.2, 0) is 22.6 Å². The third-order valence-electron chi connectivity index (χ3n) is 6.62. The molecule has 194 valence electrons. The van der Waals surface area contributed by atoms with Crippen molar-refractivity contribution in [1.82, 2.24) is 10.2 Å². The number of hydrogen-bond acceptors (Lipinski definition) is 3. The number of amides is 2. The van der Waals surface area contributed by atoms with Crippen LogP contribution in [0.5, 0.6) is 5.75 Å². The van der Waals surface area contributed by atoms with Crippen molar-refractivity contribution in [3.05, 3.63) is 99.5 Å². The molecule has 1 saturated carbocycles. The first-order valence-electron chi connectivity index (χ1n) is 12.7. The number of halogens is 2. The maximum Gasteiger partial charge on any atom is 0.261 e. The van der Waals surface area contributed by atoms with Gasteiger partial charge in [0.15, 0.2) is 6.61 Å². The SMILES string of the molecule is O=C(NC1CCCCC1)C(Cc1ccccc1)N(Cc1cccc(Br)c1)C(=O)COc1cccc(Cl)c1. The van der Waals surface area contributed by atoms with Crippen molar-refractivity contribution in [2.75, 3.05) is 6.61 Å². The Bertz CT molecular complexity index is 1180. The lowest BCUT2D eigenvalue weighted by atomic mass is 9.94. The van der Waals surface area contributed by atoms with E-state index >= 15 is 0 Å². The van der Waals surface area contributed by atoms with Crippen LogP contribution in [-0.4, -0.2) is 35.4 Å². The zero-order chi connectivity index (χ0) is 26.0. The molecule has 0 bridgehead atoms. The summed E-state index contributed by atoms with van der Waals surface area (Å²) in [4.78, 5) is 29.1. The zero-order valence-corrected chi connectivity index (χ0v) is 23.1. The molecule has 0 spiro atoms. The van der Waals surface area contributed by atoms with E-state index in [4.69, 9.17) is 16.3 Å². The molecule has 5 nitrogen and oxygen atoms in total.